The predicted octanol–water partition coefficient (Wildman–Crippen LogP) is 1.04. The monoisotopic (exact) mass is 301 g/mol. The average molecular weight is 301 g/mol. The number of hydrogen-bond donors (Lipinski definition) is 1. The summed E-state index contributed by atoms with van der Waals surface area (Å²) in [7, 11) is 1.50. The molecule has 0 spiro atoms. The minimum atomic E-state index is -4.76. The van der Waals surface area contributed by atoms with E-state index >= 15 is 0 Å². The van der Waals surface area contributed by atoms with Crippen molar-refractivity contribution in [1.29, 1.82) is 0 Å². The van der Waals surface area contributed by atoms with Gasteiger partial charge in [-0.1, -0.05) is 12.1 Å². The number of nitrogens with one attached hydrogen (secondary N) is 1. The van der Waals surface area contributed by atoms with Gasteiger partial charge in [-0.3, -0.25) is 4.79 Å². The van der Waals surface area contributed by atoms with Crippen molar-refractivity contribution in [3.05, 3.63) is 35.7 Å². The first-order valence-corrected chi connectivity index (χ1v) is 5.70. The molecule has 1 amide bonds. The van der Waals surface area contributed by atoms with E-state index in [0.29, 0.717) is 5.56 Å². The first-order chi connectivity index (χ1) is 9.83. The van der Waals surface area contributed by atoms with Gasteiger partial charge in [0.05, 0.1) is 7.05 Å². The Morgan fingerprint density at radius 3 is 2.81 bits per heavy atom. The molecule has 0 aliphatic heterocycles. The van der Waals surface area contributed by atoms with Crippen molar-refractivity contribution in [2.75, 3.05) is 0 Å². The second kappa shape index (κ2) is 5.77. The van der Waals surface area contributed by atoms with E-state index in [9.17, 15) is 18.0 Å². The number of carbonyl (C=O) groups is 1. The van der Waals surface area contributed by atoms with Crippen LogP contribution in [0.25, 0.3) is 0 Å². The van der Waals surface area contributed by atoms with E-state index in [4.69, 9.17) is 0 Å². The second-order valence-corrected chi connectivity index (χ2v) is 3.98. The summed E-state index contributed by atoms with van der Waals surface area (Å²) < 4.78 is 40.1. The Hall–Kier alpha value is -2.65. The fourth-order valence-corrected chi connectivity index (χ4v) is 1.49. The smallest absolute Gasteiger partial charge is 0.406 e. The molecule has 0 radical (unpaired) electrons. The normalized spacial score (nSPS) is 11.2. The van der Waals surface area contributed by atoms with Gasteiger partial charge in [0.25, 0.3) is 11.7 Å². The Morgan fingerprint density at radius 1 is 1.43 bits per heavy atom. The summed E-state index contributed by atoms with van der Waals surface area (Å²) in [5.74, 6) is -1.06. The van der Waals surface area contributed by atoms with Crippen LogP contribution < -0.4 is 10.1 Å². The molecular formula is C11H10F3N5O2. The molecular weight excluding hydrogens is 291 g/mol. The van der Waals surface area contributed by atoms with Gasteiger partial charge in [-0.15, -0.1) is 23.4 Å². The highest BCUT2D eigenvalue weighted by atomic mass is 19.4. The fourth-order valence-electron chi connectivity index (χ4n) is 1.49. The van der Waals surface area contributed by atoms with E-state index in [1.165, 1.54) is 25.2 Å². The highest BCUT2D eigenvalue weighted by Gasteiger charge is 2.31. The number of aryl methyl sites for hydroxylation is 1. The maximum atomic E-state index is 12.1. The van der Waals surface area contributed by atoms with E-state index in [2.05, 4.69) is 25.5 Å². The van der Waals surface area contributed by atoms with E-state index in [0.717, 1.165) is 4.80 Å². The molecule has 0 unspecified atom stereocenters. The van der Waals surface area contributed by atoms with Gasteiger partial charge >= 0.3 is 6.36 Å². The lowest BCUT2D eigenvalue weighted by molar-refractivity contribution is -0.274. The number of alkyl halides is 3. The van der Waals surface area contributed by atoms with Gasteiger partial charge in [-0.25, -0.2) is 0 Å². The summed E-state index contributed by atoms with van der Waals surface area (Å²) in [6.45, 7) is 0.00610. The molecule has 112 valence electrons. The number of ether oxygens (including phenoxy) is 1. The lowest BCUT2D eigenvalue weighted by Gasteiger charge is -2.10. The summed E-state index contributed by atoms with van der Waals surface area (Å²) in [6.07, 6.45) is -4.76. The molecule has 21 heavy (non-hydrogen) atoms. The zero-order valence-electron chi connectivity index (χ0n) is 10.8. The third-order valence-electron chi connectivity index (χ3n) is 2.30. The van der Waals surface area contributed by atoms with Crippen LogP contribution >= 0.6 is 0 Å². The summed E-state index contributed by atoms with van der Waals surface area (Å²) in [5.41, 5.74) is 0.439. The van der Waals surface area contributed by atoms with Crippen LogP contribution in [0, 0.1) is 0 Å². The molecule has 0 bridgehead atoms. The number of rotatable bonds is 4. The Bertz CT molecular complexity index is 641. The quantitative estimate of drug-likeness (QED) is 0.912. The van der Waals surface area contributed by atoms with E-state index in [-0.39, 0.29) is 18.1 Å². The van der Waals surface area contributed by atoms with Gasteiger partial charge in [0.2, 0.25) is 0 Å². The molecule has 0 aliphatic carbocycles. The molecule has 0 fully saturated rings. The number of halogens is 3. The van der Waals surface area contributed by atoms with Crippen molar-refractivity contribution in [3.63, 3.8) is 0 Å². The van der Waals surface area contributed by atoms with Crippen LogP contribution in [0.2, 0.25) is 0 Å². The number of nitrogens with zero attached hydrogens (tertiary/aromatic N) is 4. The van der Waals surface area contributed by atoms with Gasteiger partial charge in [0, 0.05) is 6.54 Å². The van der Waals surface area contributed by atoms with Crippen LogP contribution in [0.4, 0.5) is 13.2 Å². The van der Waals surface area contributed by atoms with Crippen LogP contribution in [0.1, 0.15) is 16.2 Å². The molecule has 1 N–H and O–H groups in total. The number of benzene rings is 1. The van der Waals surface area contributed by atoms with Gasteiger partial charge in [-0.2, -0.15) is 4.80 Å². The van der Waals surface area contributed by atoms with Crippen molar-refractivity contribution in [3.8, 4) is 5.75 Å². The highest BCUT2D eigenvalue weighted by molar-refractivity contribution is 5.89. The van der Waals surface area contributed by atoms with Crippen molar-refractivity contribution >= 4 is 5.91 Å². The molecule has 1 aromatic heterocycles. The molecule has 0 atom stereocenters. The Labute approximate surface area is 116 Å². The molecule has 1 aromatic carbocycles. The van der Waals surface area contributed by atoms with Crippen molar-refractivity contribution < 1.29 is 22.7 Å². The third-order valence-corrected chi connectivity index (χ3v) is 2.30. The SMILES string of the molecule is Cn1nnc(C(=O)NCc2cccc(OC(F)(F)F)c2)n1. The molecule has 0 saturated heterocycles. The fraction of sp³-hybridized carbons (Fsp3) is 0.273. The number of tetrazole rings is 1. The molecule has 7 nitrogen and oxygen atoms in total. The first kappa shape index (κ1) is 14.8. The maximum absolute atomic E-state index is 12.1. The molecule has 0 saturated carbocycles. The summed E-state index contributed by atoms with van der Waals surface area (Å²) in [5, 5.41) is 13.2. The number of hydrogen-bond acceptors (Lipinski definition) is 5. The lowest BCUT2D eigenvalue weighted by Crippen LogP contribution is -2.24. The van der Waals surface area contributed by atoms with Crippen molar-refractivity contribution in [2.45, 2.75) is 12.9 Å². The second-order valence-electron chi connectivity index (χ2n) is 3.98. The average Bonchev–Trinajstić information content (AvgIpc) is 2.81. The van der Waals surface area contributed by atoms with Crippen molar-refractivity contribution in [2.24, 2.45) is 7.05 Å². The summed E-state index contributed by atoms with van der Waals surface area (Å²) >= 11 is 0. The highest BCUT2D eigenvalue weighted by Crippen LogP contribution is 2.23. The third kappa shape index (κ3) is 4.44. The zero-order valence-corrected chi connectivity index (χ0v) is 10.8. The zero-order chi connectivity index (χ0) is 15.5. The van der Waals surface area contributed by atoms with E-state index in [1.54, 1.807) is 6.07 Å². The van der Waals surface area contributed by atoms with Gasteiger partial charge in [0.1, 0.15) is 5.75 Å². The van der Waals surface area contributed by atoms with Crippen LogP contribution in [-0.2, 0) is 13.6 Å². The van der Waals surface area contributed by atoms with E-state index in [1.807, 2.05) is 0 Å². The number of carbonyl (C=O) groups excluding carboxylic acids is 1. The standard InChI is InChI=1S/C11H10F3N5O2/c1-19-17-9(16-18-19)10(20)15-6-7-3-2-4-8(5-7)21-11(12,13)14/h2-5H,6H2,1H3,(H,15,20). The molecule has 0 aliphatic rings. The summed E-state index contributed by atoms with van der Waals surface area (Å²) in [4.78, 5) is 12.8. The molecule has 2 rings (SSSR count). The minimum Gasteiger partial charge on any atom is -0.406 e. The largest absolute Gasteiger partial charge is 0.573 e. The molecule has 10 heteroatoms. The Morgan fingerprint density at radius 2 is 2.19 bits per heavy atom. The maximum Gasteiger partial charge on any atom is 0.573 e. The van der Waals surface area contributed by atoms with Crippen LogP contribution in [0.3, 0.4) is 0 Å². The van der Waals surface area contributed by atoms with Gasteiger partial charge in [-0.05, 0) is 22.9 Å². The van der Waals surface area contributed by atoms with Crippen LogP contribution in [-0.4, -0.2) is 32.5 Å². The lowest BCUT2D eigenvalue weighted by atomic mass is 10.2. The Kier molecular flexibility index (Phi) is 4.05. The van der Waals surface area contributed by atoms with E-state index < -0.39 is 12.3 Å². The predicted molar refractivity (Wildman–Crippen MR) is 63.1 cm³/mol. The minimum absolute atomic E-state index is 0.00610. The van der Waals surface area contributed by atoms with Gasteiger partial charge < -0.3 is 10.1 Å². The van der Waals surface area contributed by atoms with Crippen LogP contribution in [0.15, 0.2) is 24.3 Å². The molecule has 1 heterocycles. The van der Waals surface area contributed by atoms with Crippen LogP contribution in [0.5, 0.6) is 5.75 Å². The van der Waals surface area contributed by atoms with Crippen molar-refractivity contribution in [1.82, 2.24) is 25.5 Å². The Balaban J connectivity index is 1.97. The molecule has 2 aromatic rings. The number of amides is 1. The topological polar surface area (TPSA) is 81.9 Å². The van der Waals surface area contributed by atoms with Gasteiger partial charge in [0.15, 0.2) is 0 Å². The summed E-state index contributed by atoms with van der Waals surface area (Å²) in [6, 6.07) is 5.29. The first-order valence-electron chi connectivity index (χ1n) is 5.70. The number of aromatic nitrogens is 4.